The van der Waals surface area contributed by atoms with Crippen molar-refractivity contribution in [1.29, 1.82) is 0 Å². The molecule has 3 aromatic rings. The molecular weight excluding hydrogens is 462 g/mol. The molecule has 1 amide bonds. The van der Waals surface area contributed by atoms with E-state index in [-0.39, 0.29) is 35.3 Å². The third kappa shape index (κ3) is 5.47. The molecule has 0 fully saturated rings. The number of nitrogens with zero attached hydrogens (tertiary/aromatic N) is 5. The molecule has 0 aliphatic rings. The summed E-state index contributed by atoms with van der Waals surface area (Å²) in [5, 5.41) is 23.3. The summed E-state index contributed by atoms with van der Waals surface area (Å²) < 4.78 is 12.0. The summed E-state index contributed by atoms with van der Waals surface area (Å²) in [7, 11) is 2.76. The smallest absolute Gasteiger partial charge is 0.286 e. The summed E-state index contributed by atoms with van der Waals surface area (Å²) in [4.78, 5) is 32.8. The summed E-state index contributed by atoms with van der Waals surface area (Å²) in [5.41, 5.74) is 0.138. The third-order valence-electron chi connectivity index (χ3n) is 4.73. The van der Waals surface area contributed by atoms with Crippen molar-refractivity contribution in [2.24, 2.45) is 0 Å². The average Bonchev–Trinajstić information content (AvgIpc) is 3.21. The summed E-state index contributed by atoms with van der Waals surface area (Å²) in [6.45, 7) is 6.55. The van der Waals surface area contributed by atoms with Crippen molar-refractivity contribution in [3.8, 4) is 11.5 Å². The zero-order valence-corrected chi connectivity index (χ0v) is 20.4. The highest BCUT2D eigenvalue weighted by atomic mass is 32.2. The SMILES string of the molecule is CCSc1nc(NC(C)C)c2cnn(CCNC(=O)c3cc(OC)c(OC)cc3[N+](=O)[O-])c2n1. The number of fused-ring (bicyclic) bond motifs is 1. The molecule has 0 atom stereocenters. The first kappa shape index (κ1) is 25.0. The lowest BCUT2D eigenvalue weighted by Crippen LogP contribution is -2.28. The number of carbonyl (C=O) groups excluding carboxylic acids is 1. The molecular formula is C21H27N7O5S. The highest BCUT2D eigenvalue weighted by Gasteiger charge is 2.24. The van der Waals surface area contributed by atoms with Crippen molar-refractivity contribution in [3.05, 3.63) is 34.0 Å². The monoisotopic (exact) mass is 489 g/mol. The maximum atomic E-state index is 12.8. The number of carbonyl (C=O) groups is 1. The van der Waals surface area contributed by atoms with E-state index in [1.54, 1.807) is 10.9 Å². The molecule has 2 N–H and O–H groups in total. The largest absolute Gasteiger partial charge is 0.493 e. The number of nitrogens with one attached hydrogen (secondary N) is 2. The molecule has 0 bridgehead atoms. The summed E-state index contributed by atoms with van der Waals surface area (Å²) in [6, 6.07) is 2.64. The molecule has 3 rings (SSSR count). The summed E-state index contributed by atoms with van der Waals surface area (Å²) in [6.07, 6.45) is 1.68. The molecule has 1 aromatic carbocycles. The summed E-state index contributed by atoms with van der Waals surface area (Å²) >= 11 is 1.52. The molecule has 182 valence electrons. The van der Waals surface area contributed by atoms with Gasteiger partial charge in [-0.25, -0.2) is 14.6 Å². The Morgan fingerprint density at radius 3 is 2.56 bits per heavy atom. The number of benzene rings is 1. The summed E-state index contributed by atoms with van der Waals surface area (Å²) in [5.74, 6) is 1.30. The van der Waals surface area contributed by atoms with Crippen molar-refractivity contribution in [3.63, 3.8) is 0 Å². The normalized spacial score (nSPS) is 11.0. The van der Waals surface area contributed by atoms with E-state index in [1.165, 1.54) is 38.1 Å². The van der Waals surface area contributed by atoms with Gasteiger partial charge in [-0.2, -0.15) is 5.10 Å². The van der Waals surface area contributed by atoms with E-state index >= 15 is 0 Å². The van der Waals surface area contributed by atoms with E-state index in [9.17, 15) is 14.9 Å². The van der Waals surface area contributed by atoms with Gasteiger partial charge in [-0.3, -0.25) is 14.9 Å². The zero-order chi connectivity index (χ0) is 24.8. The van der Waals surface area contributed by atoms with Crippen LogP contribution in [0.4, 0.5) is 11.5 Å². The Morgan fingerprint density at radius 1 is 1.24 bits per heavy atom. The van der Waals surface area contributed by atoms with Gasteiger partial charge in [0.2, 0.25) is 0 Å². The van der Waals surface area contributed by atoms with Crippen LogP contribution in [-0.4, -0.2) is 63.1 Å². The van der Waals surface area contributed by atoms with E-state index in [0.717, 1.165) is 11.1 Å². The molecule has 0 saturated heterocycles. The van der Waals surface area contributed by atoms with Gasteiger partial charge in [0.25, 0.3) is 11.6 Å². The van der Waals surface area contributed by atoms with Gasteiger partial charge >= 0.3 is 0 Å². The third-order valence-corrected chi connectivity index (χ3v) is 5.46. The van der Waals surface area contributed by atoms with Crippen LogP contribution in [0.3, 0.4) is 0 Å². The zero-order valence-electron chi connectivity index (χ0n) is 19.6. The molecule has 12 nitrogen and oxygen atoms in total. The van der Waals surface area contributed by atoms with Gasteiger partial charge in [-0.1, -0.05) is 18.7 Å². The van der Waals surface area contributed by atoms with Gasteiger partial charge in [0, 0.05) is 18.7 Å². The Bertz CT molecular complexity index is 1200. The van der Waals surface area contributed by atoms with Crippen molar-refractivity contribution in [2.75, 3.05) is 31.8 Å². The van der Waals surface area contributed by atoms with Crippen molar-refractivity contribution >= 4 is 40.2 Å². The van der Waals surface area contributed by atoms with Gasteiger partial charge in [0.05, 0.1) is 43.3 Å². The van der Waals surface area contributed by atoms with Gasteiger partial charge in [0.15, 0.2) is 22.3 Å². The Hall–Kier alpha value is -3.61. The number of methoxy groups -OCH3 is 2. The lowest BCUT2D eigenvalue weighted by Gasteiger charge is -2.12. The lowest BCUT2D eigenvalue weighted by atomic mass is 10.1. The quantitative estimate of drug-likeness (QED) is 0.178. The minimum absolute atomic E-state index is 0.125. The second-order valence-electron chi connectivity index (χ2n) is 7.43. The molecule has 34 heavy (non-hydrogen) atoms. The van der Waals surface area contributed by atoms with Crippen LogP contribution in [0.15, 0.2) is 23.5 Å². The Morgan fingerprint density at radius 2 is 1.94 bits per heavy atom. The van der Waals surface area contributed by atoms with Crippen LogP contribution in [0, 0.1) is 10.1 Å². The number of nitro groups is 1. The van der Waals surface area contributed by atoms with Gasteiger partial charge in [-0.15, -0.1) is 0 Å². The number of nitro benzene ring substituents is 1. The maximum Gasteiger partial charge on any atom is 0.286 e. The van der Waals surface area contributed by atoms with Crippen molar-refractivity contribution in [2.45, 2.75) is 38.5 Å². The van der Waals surface area contributed by atoms with Crippen LogP contribution in [0.5, 0.6) is 11.5 Å². The fourth-order valence-corrected chi connectivity index (χ4v) is 3.81. The molecule has 2 heterocycles. The van der Waals surface area contributed by atoms with E-state index in [2.05, 4.69) is 25.7 Å². The Kier molecular flexibility index (Phi) is 8.10. The second-order valence-corrected chi connectivity index (χ2v) is 8.66. The van der Waals surface area contributed by atoms with Crippen LogP contribution in [-0.2, 0) is 6.54 Å². The topological polar surface area (TPSA) is 146 Å². The van der Waals surface area contributed by atoms with Crippen LogP contribution in [0.1, 0.15) is 31.1 Å². The number of anilines is 1. The number of thioether (sulfide) groups is 1. The predicted octanol–water partition coefficient (Wildman–Crippen LogP) is 3.11. The molecule has 0 spiro atoms. The standard InChI is InChI=1S/C21H27N7O5S/c1-6-34-21-25-18(24-12(2)3)14-11-23-27(19(14)26-21)8-7-22-20(29)13-9-16(32-4)17(33-5)10-15(13)28(30)31/h9-12H,6-8H2,1-5H3,(H,22,29)(H,24,25,26). The number of rotatable bonds is 11. The molecule has 2 aromatic heterocycles. The highest BCUT2D eigenvalue weighted by molar-refractivity contribution is 7.99. The van der Waals surface area contributed by atoms with Crippen LogP contribution in [0.2, 0.25) is 0 Å². The van der Waals surface area contributed by atoms with E-state index in [1.807, 2.05) is 20.8 Å². The van der Waals surface area contributed by atoms with Crippen molar-refractivity contribution < 1.29 is 19.2 Å². The van der Waals surface area contributed by atoms with E-state index < -0.39 is 10.8 Å². The Labute approximate surface area is 200 Å². The lowest BCUT2D eigenvalue weighted by molar-refractivity contribution is -0.385. The Balaban J connectivity index is 1.81. The first-order chi connectivity index (χ1) is 16.3. The predicted molar refractivity (Wildman–Crippen MR) is 129 cm³/mol. The van der Waals surface area contributed by atoms with Gasteiger partial charge in [-0.05, 0) is 19.6 Å². The first-order valence-electron chi connectivity index (χ1n) is 10.6. The fourth-order valence-electron chi connectivity index (χ4n) is 3.25. The minimum atomic E-state index is -0.634. The van der Waals surface area contributed by atoms with E-state index in [4.69, 9.17) is 9.47 Å². The number of aromatic nitrogens is 4. The van der Waals surface area contributed by atoms with Crippen LogP contribution < -0.4 is 20.1 Å². The van der Waals surface area contributed by atoms with Crippen LogP contribution in [0.25, 0.3) is 11.0 Å². The number of hydrogen-bond acceptors (Lipinski definition) is 10. The van der Waals surface area contributed by atoms with Crippen molar-refractivity contribution in [1.82, 2.24) is 25.1 Å². The van der Waals surface area contributed by atoms with Gasteiger partial charge in [0.1, 0.15) is 11.4 Å². The second kappa shape index (κ2) is 11.0. The first-order valence-corrected chi connectivity index (χ1v) is 11.6. The molecule has 13 heteroatoms. The number of hydrogen-bond donors (Lipinski definition) is 2. The molecule has 0 unspecified atom stereocenters. The van der Waals surface area contributed by atoms with E-state index in [0.29, 0.717) is 23.2 Å². The van der Waals surface area contributed by atoms with Crippen LogP contribution >= 0.6 is 11.8 Å². The highest BCUT2D eigenvalue weighted by Crippen LogP contribution is 2.34. The molecule has 0 radical (unpaired) electrons. The molecule has 0 saturated carbocycles. The molecule has 0 aliphatic carbocycles. The maximum absolute atomic E-state index is 12.8. The minimum Gasteiger partial charge on any atom is -0.493 e. The van der Waals surface area contributed by atoms with Gasteiger partial charge < -0.3 is 20.1 Å². The number of amides is 1. The molecule has 0 aliphatic heterocycles. The number of ether oxygens (including phenoxy) is 2. The average molecular weight is 490 g/mol. The fraction of sp³-hybridized carbons (Fsp3) is 0.429.